The van der Waals surface area contributed by atoms with Gasteiger partial charge in [0.1, 0.15) is 0 Å². The first-order valence-electron chi connectivity index (χ1n) is 10.7. The Kier molecular flexibility index (Phi) is 7.40. The Hall–Kier alpha value is 0.293. The molecule has 0 N–H and O–H groups in total. The third kappa shape index (κ3) is 3.83. The van der Waals surface area contributed by atoms with Gasteiger partial charge >= 0.3 is 169 Å². The molecule has 0 heterocycles. The fourth-order valence-electron chi connectivity index (χ4n) is 6.40. The Morgan fingerprint density at radius 1 is 0.786 bits per heavy atom. The molecule has 0 fully saturated rings. The van der Waals surface area contributed by atoms with Crippen molar-refractivity contribution in [1.82, 2.24) is 0 Å². The molecule has 0 saturated heterocycles. The van der Waals surface area contributed by atoms with Gasteiger partial charge in [0.05, 0.1) is 0 Å². The number of hydrogen-bond donors (Lipinski definition) is 0. The van der Waals surface area contributed by atoms with Gasteiger partial charge in [0.15, 0.2) is 0 Å². The molecule has 0 nitrogen and oxygen atoms in total. The van der Waals surface area contributed by atoms with Crippen LogP contribution in [-0.2, 0) is 21.3 Å². The molecule has 2 atom stereocenters. The first-order chi connectivity index (χ1) is 12.1. The van der Waals surface area contributed by atoms with Crippen LogP contribution >= 0.6 is 0 Å². The van der Waals surface area contributed by atoms with Gasteiger partial charge in [-0.3, -0.25) is 0 Å². The van der Waals surface area contributed by atoms with Crippen LogP contribution in [0.25, 0.3) is 0 Å². The summed E-state index contributed by atoms with van der Waals surface area (Å²) in [5, 5.41) is 0. The maximum Gasteiger partial charge on any atom is -1.00 e. The van der Waals surface area contributed by atoms with Crippen molar-refractivity contribution in [3.05, 3.63) is 45.6 Å². The maximum absolute atomic E-state index is 5.03. The maximum atomic E-state index is 5.03. The summed E-state index contributed by atoms with van der Waals surface area (Å²) in [5.74, 6) is 0. The summed E-state index contributed by atoms with van der Waals surface area (Å²) in [4.78, 5) is 0. The molecule has 0 aromatic heterocycles. The molecule has 154 valence electrons. The molecule has 0 saturated carbocycles. The van der Waals surface area contributed by atoms with Crippen LogP contribution in [0.1, 0.15) is 80.1 Å². The van der Waals surface area contributed by atoms with E-state index in [-0.39, 0.29) is 24.8 Å². The second-order valence-corrected chi connectivity index (χ2v) is 16.2. The average Bonchev–Trinajstić information content (AvgIpc) is 3.05. The van der Waals surface area contributed by atoms with Gasteiger partial charge in [-0.25, -0.2) is 0 Å². The topological polar surface area (TPSA) is 0 Å². The quantitative estimate of drug-likeness (QED) is 0.542. The first kappa shape index (κ1) is 24.6. The predicted molar refractivity (Wildman–Crippen MR) is 111 cm³/mol. The van der Waals surface area contributed by atoms with Crippen molar-refractivity contribution in [2.45, 2.75) is 87.3 Å². The second kappa shape index (κ2) is 8.44. The zero-order valence-corrected chi connectivity index (χ0v) is 22.5. The van der Waals surface area contributed by atoms with E-state index in [1.807, 2.05) is 11.1 Å². The molecule has 0 aliphatic heterocycles. The summed E-state index contributed by atoms with van der Waals surface area (Å²) in [5.41, 5.74) is 11.1. The summed E-state index contributed by atoms with van der Waals surface area (Å²) < 4.78 is 6.55. The van der Waals surface area contributed by atoms with E-state index in [4.69, 9.17) is 4.21 Å². The third-order valence-corrected chi connectivity index (χ3v) is 15.3. The molecule has 2 unspecified atom stereocenters. The van der Waals surface area contributed by atoms with Crippen molar-refractivity contribution in [2.75, 3.05) is 0 Å². The standard InChI is InChI=1S/2C12H17.CH2.2ClH.Zr/c2*1-9-7-10-5-4-6-12(2,3)11(10)8-9;;;;/h2*7-8H,4-6H2,1-3H3;1H2;2*1H;/q;;;;;+2/p-2. The van der Waals surface area contributed by atoms with Gasteiger partial charge in [0, 0.05) is 0 Å². The van der Waals surface area contributed by atoms with Crippen molar-refractivity contribution in [1.29, 1.82) is 0 Å². The number of hydrogen-bond acceptors (Lipinski definition) is 0. The van der Waals surface area contributed by atoms with Gasteiger partial charge in [-0.1, -0.05) is 0 Å². The molecule has 0 aromatic rings. The third-order valence-electron chi connectivity index (χ3n) is 7.74. The van der Waals surface area contributed by atoms with Gasteiger partial charge in [-0.05, 0) is 0 Å². The summed E-state index contributed by atoms with van der Waals surface area (Å²) in [6.07, 6.45) is 13.3. The summed E-state index contributed by atoms with van der Waals surface area (Å²) in [6.45, 7) is 14.7. The van der Waals surface area contributed by atoms with E-state index in [0.29, 0.717) is 10.8 Å². The van der Waals surface area contributed by atoms with E-state index in [1.54, 1.807) is 22.3 Å². The summed E-state index contributed by atoms with van der Waals surface area (Å²) in [6, 6.07) is 0. The van der Waals surface area contributed by atoms with Crippen LogP contribution in [0.15, 0.2) is 45.6 Å². The van der Waals surface area contributed by atoms with Gasteiger partial charge in [-0.15, -0.1) is 0 Å². The van der Waals surface area contributed by atoms with E-state index in [1.165, 1.54) is 38.5 Å². The number of allylic oxidation sites excluding steroid dienone is 8. The van der Waals surface area contributed by atoms with Gasteiger partial charge in [0.25, 0.3) is 0 Å². The van der Waals surface area contributed by atoms with Crippen LogP contribution in [0, 0.1) is 10.8 Å². The molecule has 0 aromatic carbocycles. The van der Waals surface area contributed by atoms with E-state index >= 15 is 0 Å². The predicted octanol–water partition coefficient (Wildman–Crippen LogP) is 1.55. The monoisotopic (exact) mass is 496 g/mol. The van der Waals surface area contributed by atoms with Gasteiger partial charge in [-0.2, -0.15) is 0 Å². The fraction of sp³-hybridized carbons (Fsp3) is 0.640. The Labute approximate surface area is 193 Å². The molecule has 4 aliphatic rings. The van der Waals surface area contributed by atoms with E-state index in [9.17, 15) is 0 Å². The molecule has 0 bridgehead atoms. The van der Waals surface area contributed by atoms with Crippen molar-refractivity contribution in [3.63, 3.8) is 0 Å². The van der Waals surface area contributed by atoms with Gasteiger partial charge < -0.3 is 24.8 Å². The fourth-order valence-corrected chi connectivity index (χ4v) is 14.2. The molecule has 0 spiro atoms. The van der Waals surface area contributed by atoms with Crippen molar-refractivity contribution >= 4 is 4.21 Å². The Morgan fingerprint density at radius 3 is 1.50 bits per heavy atom. The minimum absolute atomic E-state index is 0. The zero-order chi connectivity index (χ0) is 18.9. The van der Waals surface area contributed by atoms with E-state index < -0.39 is 21.3 Å². The minimum atomic E-state index is -1.93. The van der Waals surface area contributed by atoms with Crippen LogP contribution in [0.2, 0.25) is 7.25 Å². The van der Waals surface area contributed by atoms with Crippen molar-refractivity contribution in [3.8, 4) is 0 Å². The molecule has 4 aliphatic carbocycles. The minimum Gasteiger partial charge on any atom is -1.00 e. The molecular formula is C25H36Cl2Zr. The van der Waals surface area contributed by atoms with Crippen LogP contribution in [0.4, 0.5) is 0 Å². The smallest absolute Gasteiger partial charge is 1.00 e. The SMILES string of the molecule is [CH2]=[Zr+2]([CH]1C(C)=CC2=C1CCCC2(C)C)[CH]1C(C)=CC2=C1CCCC2(C)C.[Cl-].[Cl-]. The van der Waals surface area contributed by atoms with E-state index in [2.05, 4.69) is 53.7 Å². The molecule has 3 heteroatoms. The summed E-state index contributed by atoms with van der Waals surface area (Å²) in [7, 11) is 0. The van der Waals surface area contributed by atoms with Crippen LogP contribution in [0.3, 0.4) is 0 Å². The van der Waals surface area contributed by atoms with Crippen LogP contribution < -0.4 is 24.8 Å². The van der Waals surface area contributed by atoms with Crippen LogP contribution in [0.5, 0.6) is 0 Å². The summed E-state index contributed by atoms with van der Waals surface area (Å²) >= 11 is -1.93. The van der Waals surface area contributed by atoms with Crippen molar-refractivity contribution < 1.29 is 46.1 Å². The Bertz CT molecular complexity index is 738. The second-order valence-electron chi connectivity index (χ2n) is 10.6. The average molecular weight is 499 g/mol. The van der Waals surface area contributed by atoms with Crippen molar-refractivity contribution in [2.24, 2.45) is 10.8 Å². The zero-order valence-electron chi connectivity index (χ0n) is 18.5. The molecular weight excluding hydrogens is 462 g/mol. The van der Waals surface area contributed by atoms with Gasteiger partial charge in [0.2, 0.25) is 0 Å². The molecule has 0 amide bonds. The van der Waals surface area contributed by atoms with E-state index in [0.717, 1.165) is 7.25 Å². The molecule has 4 rings (SSSR count). The Balaban J connectivity index is 0.00000140. The number of rotatable bonds is 2. The molecule has 0 radical (unpaired) electrons. The van der Waals surface area contributed by atoms with Crippen LogP contribution in [-0.4, -0.2) is 4.21 Å². The number of halogens is 2. The largest absolute Gasteiger partial charge is 1.00 e. The molecule has 28 heavy (non-hydrogen) atoms. The normalized spacial score (nSPS) is 29.6. The Morgan fingerprint density at radius 2 is 1.14 bits per heavy atom. The first-order valence-corrected chi connectivity index (χ1v) is 15.2.